The van der Waals surface area contributed by atoms with Gasteiger partial charge in [-0.05, 0) is 43.4 Å². The predicted molar refractivity (Wildman–Crippen MR) is 131 cm³/mol. The highest BCUT2D eigenvalue weighted by Gasteiger charge is 2.77. The van der Waals surface area contributed by atoms with E-state index in [2.05, 4.69) is 26.6 Å². The summed E-state index contributed by atoms with van der Waals surface area (Å²) in [5.74, 6) is -2.45. The van der Waals surface area contributed by atoms with Crippen molar-refractivity contribution < 1.29 is 24.2 Å². The molecule has 0 saturated carbocycles. The predicted octanol–water partition coefficient (Wildman–Crippen LogP) is 2.14. The standard InChI is InChI=1S/C25H34BrN3O5/c1-6-13(3)17(11-30)29-21(23(32)28-16-9-12(2)7-8-14(16)4)25-10-15(26)20(34-25)18(22(31)27-5)19(25)24(29)33/h7-9,13,15,17-21,30H,6,10-11H2,1-5H3,(H,27,31)(H,28,32)/t13-,15?,17-,18-,19-,20-,21?,25?/m0/s1. The third-order valence-corrected chi connectivity index (χ3v) is 8.87. The lowest BCUT2D eigenvalue weighted by Crippen LogP contribution is -2.57. The average Bonchev–Trinajstić information content (AvgIpc) is 3.40. The zero-order valence-corrected chi connectivity index (χ0v) is 21.9. The zero-order chi connectivity index (χ0) is 24.9. The SMILES string of the molecule is CC[C@H](C)[C@H](CO)N1C(=O)[C@@H]2[C@H](C(=O)NC)[C@H]3OC2(CC3Br)C1C(=O)Nc1cc(C)ccc1C. The fraction of sp³-hybridized carbons (Fsp3) is 0.640. The summed E-state index contributed by atoms with van der Waals surface area (Å²) in [6.07, 6.45) is 0.659. The lowest BCUT2D eigenvalue weighted by Gasteiger charge is -2.38. The number of rotatable bonds is 7. The minimum Gasteiger partial charge on any atom is -0.394 e. The number of carbonyl (C=O) groups is 3. The van der Waals surface area contributed by atoms with E-state index in [0.717, 1.165) is 17.5 Å². The van der Waals surface area contributed by atoms with Gasteiger partial charge in [0.1, 0.15) is 11.6 Å². The topological polar surface area (TPSA) is 108 Å². The first-order chi connectivity index (χ1) is 16.1. The molecule has 3 saturated heterocycles. The zero-order valence-electron chi connectivity index (χ0n) is 20.3. The molecular weight excluding hydrogens is 502 g/mol. The first-order valence-corrected chi connectivity index (χ1v) is 12.9. The molecule has 0 aliphatic carbocycles. The van der Waals surface area contributed by atoms with Crippen LogP contribution in [0.4, 0.5) is 5.69 Å². The van der Waals surface area contributed by atoms with Crippen LogP contribution in [-0.2, 0) is 19.1 Å². The molecule has 34 heavy (non-hydrogen) atoms. The molecule has 3 heterocycles. The third kappa shape index (κ3) is 3.67. The molecule has 2 bridgehead atoms. The molecule has 4 rings (SSSR count). The van der Waals surface area contributed by atoms with Gasteiger partial charge in [-0.3, -0.25) is 14.4 Å². The summed E-state index contributed by atoms with van der Waals surface area (Å²) in [6, 6.07) is 4.29. The van der Waals surface area contributed by atoms with Gasteiger partial charge in [0.15, 0.2) is 0 Å². The van der Waals surface area contributed by atoms with Crippen LogP contribution in [0.3, 0.4) is 0 Å². The Bertz CT molecular complexity index is 1000. The van der Waals surface area contributed by atoms with Crippen molar-refractivity contribution in [3.63, 3.8) is 0 Å². The van der Waals surface area contributed by atoms with Gasteiger partial charge in [0, 0.05) is 17.6 Å². The van der Waals surface area contributed by atoms with E-state index in [1.165, 1.54) is 4.90 Å². The molecule has 3 fully saturated rings. The van der Waals surface area contributed by atoms with Crippen molar-refractivity contribution in [2.24, 2.45) is 17.8 Å². The summed E-state index contributed by atoms with van der Waals surface area (Å²) >= 11 is 3.65. The molecule has 3 aliphatic rings. The molecule has 1 spiro atoms. The largest absolute Gasteiger partial charge is 0.394 e. The first-order valence-electron chi connectivity index (χ1n) is 12.0. The number of carbonyl (C=O) groups excluding carboxylic acids is 3. The number of aryl methyl sites for hydroxylation is 2. The Kier molecular flexibility index (Phi) is 6.83. The molecule has 8 nitrogen and oxygen atoms in total. The van der Waals surface area contributed by atoms with Crippen molar-refractivity contribution in [2.75, 3.05) is 19.0 Å². The van der Waals surface area contributed by atoms with Gasteiger partial charge in [-0.15, -0.1) is 0 Å². The van der Waals surface area contributed by atoms with Gasteiger partial charge in [0.25, 0.3) is 0 Å². The normalized spacial score (nSPS) is 33.6. The number of ether oxygens (including phenoxy) is 1. The van der Waals surface area contributed by atoms with Gasteiger partial charge in [0.05, 0.1) is 30.6 Å². The van der Waals surface area contributed by atoms with Crippen LogP contribution in [0.2, 0.25) is 0 Å². The Hall–Kier alpha value is -1.97. The van der Waals surface area contributed by atoms with E-state index in [4.69, 9.17) is 4.74 Å². The molecule has 0 aromatic heterocycles. The van der Waals surface area contributed by atoms with Gasteiger partial charge < -0.3 is 25.4 Å². The highest BCUT2D eigenvalue weighted by Crippen LogP contribution is 2.60. The van der Waals surface area contributed by atoms with Crippen LogP contribution in [0.1, 0.15) is 37.8 Å². The van der Waals surface area contributed by atoms with Crippen LogP contribution in [0, 0.1) is 31.6 Å². The van der Waals surface area contributed by atoms with Crippen molar-refractivity contribution in [3.8, 4) is 0 Å². The molecule has 1 aromatic rings. The lowest BCUT2D eigenvalue weighted by atomic mass is 9.70. The Labute approximate surface area is 208 Å². The number of amides is 3. The van der Waals surface area contributed by atoms with E-state index >= 15 is 0 Å². The number of alkyl halides is 1. The second-order valence-corrected chi connectivity index (χ2v) is 11.1. The summed E-state index contributed by atoms with van der Waals surface area (Å²) in [5, 5.41) is 16.0. The van der Waals surface area contributed by atoms with Crippen molar-refractivity contribution in [1.82, 2.24) is 10.2 Å². The second kappa shape index (κ2) is 9.24. The van der Waals surface area contributed by atoms with Crippen molar-refractivity contribution in [1.29, 1.82) is 0 Å². The fourth-order valence-electron chi connectivity index (χ4n) is 6.08. The molecule has 1 aromatic carbocycles. The van der Waals surface area contributed by atoms with Crippen LogP contribution in [0.25, 0.3) is 0 Å². The number of nitrogens with zero attached hydrogens (tertiary/aromatic N) is 1. The Morgan fingerprint density at radius 2 is 2.03 bits per heavy atom. The minimum absolute atomic E-state index is 0.0457. The maximum Gasteiger partial charge on any atom is 0.250 e. The molecule has 186 valence electrons. The number of halogens is 1. The van der Waals surface area contributed by atoms with Crippen LogP contribution in [0.15, 0.2) is 18.2 Å². The number of likely N-dealkylation sites (tertiary alicyclic amines) is 1. The number of fused-ring (bicyclic) bond motifs is 1. The number of hydrogen-bond donors (Lipinski definition) is 3. The summed E-state index contributed by atoms with van der Waals surface area (Å²) in [5.41, 5.74) is 1.44. The molecule has 8 atom stereocenters. The summed E-state index contributed by atoms with van der Waals surface area (Å²) in [4.78, 5) is 42.2. The van der Waals surface area contributed by atoms with Crippen LogP contribution < -0.4 is 10.6 Å². The van der Waals surface area contributed by atoms with Crippen molar-refractivity contribution in [2.45, 2.75) is 69.2 Å². The van der Waals surface area contributed by atoms with Crippen LogP contribution in [-0.4, -0.2) is 70.0 Å². The van der Waals surface area contributed by atoms with E-state index in [9.17, 15) is 19.5 Å². The van der Waals surface area contributed by atoms with Crippen molar-refractivity contribution in [3.05, 3.63) is 29.3 Å². The van der Waals surface area contributed by atoms with E-state index in [0.29, 0.717) is 12.1 Å². The van der Waals surface area contributed by atoms with Crippen LogP contribution >= 0.6 is 15.9 Å². The Balaban J connectivity index is 1.81. The van der Waals surface area contributed by atoms with Gasteiger partial charge >= 0.3 is 0 Å². The van der Waals surface area contributed by atoms with Gasteiger partial charge in [-0.1, -0.05) is 48.3 Å². The average molecular weight is 536 g/mol. The maximum atomic E-state index is 14.0. The maximum absolute atomic E-state index is 14.0. The number of nitrogens with one attached hydrogen (secondary N) is 2. The molecule has 3 aliphatic heterocycles. The van der Waals surface area contributed by atoms with E-state index in [-0.39, 0.29) is 35.1 Å². The molecule has 3 unspecified atom stereocenters. The second-order valence-electron chi connectivity index (χ2n) is 9.97. The number of anilines is 1. The summed E-state index contributed by atoms with van der Waals surface area (Å²) in [6.45, 7) is 7.54. The molecule has 3 N–H and O–H groups in total. The van der Waals surface area contributed by atoms with E-state index < -0.39 is 35.6 Å². The molecule has 3 amide bonds. The number of benzene rings is 1. The molecular formula is C25H34BrN3O5. The highest BCUT2D eigenvalue weighted by molar-refractivity contribution is 9.09. The minimum atomic E-state index is -1.14. The fourth-order valence-corrected chi connectivity index (χ4v) is 7.02. The number of hydrogen-bond acceptors (Lipinski definition) is 5. The van der Waals surface area contributed by atoms with Gasteiger partial charge in [-0.2, -0.15) is 0 Å². The summed E-state index contributed by atoms with van der Waals surface area (Å²) in [7, 11) is 1.54. The number of aliphatic hydroxyl groups is 1. The Morgan fingerprint density at radius 3 is 2.65 bits per heavy atom. The van der Waals surface area contributed by atoms with Gasteiger partial charge in [-0.25, -0.2) is 0 Å². The van der Waals surface area contributed by atoms with E-state index in [1.807, 2.05) is 45.9 Å². The summed E-state index contributed by atoms with van der Waals surface area (Å²) < 4.78 is 6.45. The molecule has 9 heteroatoms. The van der Waals surface area contributed by atoms with E-state index in [1.54, 1.807) is 7.05 Å². The lowest BCUT2D eigenvalue weighted by molar-refractivity contribution is -0.145. The van der Waals surface area contributed by atoms with Crippen LogP contribution in [0.5, 0.6) is 0 Å². The first kappa shape index (κ1) is 25.1. The third-order valence-electron chi connectivity index (χ3n) is 8.02. The monoisotopic (exact) mass is 535 g/mol. The smallest absolute Gasteiger partial charge is 0.250 e. The highest BCUT2D eigenvalue weighted by atomic mass is 79.9. The van der Waals surface area contributed by atoms with Gasteiger partial charge in [0.2, 0.25) is 17.7 Å². The Morgan fingerprint density at radius 1 is 1.32 bits per heavy atom. The van der Waals surface area contributed by atoms with Crippen molar-refractivity contribution >= 4 is 39.3 Å². The number of aliphatic hydroxyl groups excluding tert-OH is 1. The molecule has 0 radical (unpaired) electrons. The quantitative estimate of drug-likeness (QED) is 0.463.